The zero-order valence-corrected chi connectivity index (χ0v) is 18.9. The molecule has 5 nitrogen and oxygen atoms in total. The Kier molecular flexibility index (Phi) is 6.68. The highest BCUT2D eigenvalue weighted by Crippen LogP contribution is 2.33. The number of hydrogen-bond donors (Lipinski definition) is 1. The minimum atomic E-state index is -4.48. The van der Waals surface area contributed by atoms with Crippen LogP contribution in [0.3, 0.4) is 0 Å². The van der Waals surface area contributed by atoms with E-state index in [1.54, 1.807) is 11.0 Å². The van der Waals surface area contributed by atoms with E-state index in [4.69, 9.17) is 11.6 Å². The number of fused-ring (bicyclic) bond motifs is 1. The molecule has 0 aliphatic carbocycles. The number of halogens is 4. The average Bonchev–Trinajstić information content (AvgIpc) is 3.33. The summed E-state index contributed by atoms with van der Waals surface area (Å²) < 4.78 is 38.9. The van der Waals surface area contributed by atoms with Crippen molar-refractivity contribution in [2.45, 2.75) is 19.5 Å². The summed E-state index contributed by atoms with van der Waals surface area (Å²) in [6.45, 7) is 5.07. The van der Waals surface area contributed by atoms with Crippen molar-refractivity contribution in [1.82, 2.24) is 9.80 Å². The first-order valence-electron chi connectivity index (χ1n) is 10.8. The maximum absolute atomic E-state index is 13.0. The first-order chi connectivity index (χ1) is 15.6. The molecule has 2 atom stereocenters. The molecule has 1 N–H and O–H groups in total. The van der Waals surface area contributed by atoms with Crippen LogP contribution in [0.5, 0.6) is 0 Å². The Hall–Kier alpha value is -2.58. The largest absolute Gasteiger partial charge is 0.416 e. The summed E-state index contributed by atoms with van der Waals surface area (Å²) in [6, 6.07) is 9.98. The first kappa shape index (κ1) is 23.6. The normalized spacial score (nSPS) is 20.7. The van der Waals surface area contributed by atoms with Crippen molar-refractivity contribution in [2.75, 3.05) is 38.0 Å². The summed E-state index contributed by atoms with van der Waals surface area (Å²) in [5.41, 5.74) is 0.858. The standard InChI is InChI=1S/C24H25ClF3N3O2/c1-15-5-6-20(10-21(15)25)29-22(32)7-8-30-11-17-13-31(14-18(17)12-30)23(33)16-3-2-4-19(9-16)24(26,27)28/h2-6,9-10,17-18H,7-8,11-14H2,1H3,(H,29,32). The molecule has 2 aromatic carbocycles. The second kappa shape index (κ2) is 9.35. The fourth-order valence-electron chi connectivity index (χ4n) is 4.60. The number of rotatable bonds is 5. The molecule has 0 spiro atoms. The summed E-state index contributed by atoms with van der Waals surface area (Å²) in [4.78, 5) is 28.9. The third-order valence-corrected chi connectivity index (χ3v) is 6.80. The van der Waals surface area contributed by atoms with Gasteiger partial charge in [-0.05, 0) is 54.7 Å². The number of likely N-dealkylation sites (tertiary alicyclic amines) is 2. The molecule has 2 heterocycles. The van der Waals surface area contributed by atoms with Crippen LogP contribution in [0.15, 0.2) is 42.5 Å². The van der Waals surface area contributed by atoms with Gasteiger partial charge in [0.15, 0.2) is 0 Å². The molecule has 2 amide bonds. The third-order valence-electron chi connectivity index (χ3n) is 6.40. The van der Waals surface area contributed by atoms with Gasteiger partial charge in [-0.3, -0.25) is 9.59 Å². The molecule has 2 fully saturated rings. The van der Waals surface area contributed by atoms with E-state index in [-0.39, 0.29) is 29.2 Å². The monoisotopic (exact) mass is 479 g/mol. The first-order valence-corrected chi connectivity index (χ1v) is 11.2. The van der Waals surface area contributed by atoms with Gasteiger partial charge in [0.05, 0.1) is 5.56 Å². The van der Waals surface area contributed by atoms with Crippen molar-refractivity contribution >= 4 is 29.1 Å². The van der Waals surface area contributed by atoms with Crippen LogP contribution < -0.4 is 5.32 Å². The van der Waals surface area contributed by atoms with Crippen molar-refractivity contribution in [3.05, 3.63) is 64.2 Å². The number of aryl methyl sites for hydroxylation is 1. The summed E-state index contributed by atoms with van der Waals surface area (Å²) in [6.07, 6.45) is -4.13. The number of amides is 2. The zero-order valence-electron chi connectivity index (χ0n) is 18.2. The van der Waals surface area contributed by atoms with E-state index in [9.17, 15) is 22.8 Å². The number of hydrogen-bond acceptors (Lipinski definition) is 3. The second-order valence-electron chi connectivity index (χ2n) is 8.83. The van der Waals surface area contributed by atoms with Crippen LogP contribution in [0.1, 0.15) is 27.9 Å². The molecule has 9 heteroatoms. The van der Waals surface area contributed by atoms with E-state index in [2.05, 4.69) is 10.2 Å². The van der Waals surface area contributed by atoms with E-state index in [0.717, 1.165) is 30.8 Å². The van der Waals surface area contributed by atoms with Crippen LogP contribution in [-0.4, -0.2) is 54.3 Å². The SMILES string of the molecule is Cc1ccc(NC(=O)CCN2CC3CN(C(=O)c4cccc(C(F)(F)F)c4)CC3C2)cc1Cl. The second-order valence-corrected chi connectivity index (χ2v) is 9.24. The number of carbonyl (C=O) groups is 2. The van der Waals surface area contributed by atoms with Gasteiger partial charge in [0.25, 0.3) is 5.91 Å². The summed E-state index contributed by atoms with van der Waals surface area (Å²) in [5.74, 6) is 0.0731. The lowest BCUT2D eigenvalue weighted by Crippen LogP contribution is -2.34. The van der Waals surface area contributed by atoms with Crippen LogP contribution in [0.25, 0.3) is 0 Å². The number of nitrogens with zero attached hydrogens (tertiary/aromatic N) is 2. The molecule has 0 bridgehead atoms. The third kappa shape index (κ3) is 5.50. The molecule has 2 aliphatic rings. The predicted octanol–water partition coefficient (Wildman–Crippen LogP) is 4.70. The molecular formula is C24H25ClF3N3O2. The van der Waals surface area contributed by atoms with E-state index in [0.29, 0.717) is 36.8 Å². The Morgan fingerprint density at radius 1 is 1.06 bits per heavy atom. The van der Waals surface area contributed by atoms with Gasteiger partial charge in [0.2, 0.25) is 5.91 Å². The van der Waals surface area contributed by atoms with E-state index < -0.39 is 11.7 Å². The molecule has 33 heavy (non-hydrogen) atoms. The molecule has 0 radical (unpaired) electrons. The van der Waals surface area contributed by atoms with Gasteiger partial charge in [-0.2, -0.15) is 13.2 Å². The van der Waals surface area contributed by atoms with E-state index >= 15 is 0 Å². The highest BCUT2D eigenvalue weighted by molar-refractivity contribution is 6.31. The van der Waals surface area contributed by atoms with Crippen LogP contribution in [0.2, 0.25) is 5.02 Å². The Morgan fingerprint density at radius 2 is 1.76 bits per heavy atom. The van der Waals surface area contributed by atoms with Crippen molar-refractivity contribution in [3.8, 4) is 0 Å². The maximum atomic E-state index is 13.0. The Bertz CT molecular complexity index is 1050. The van der Waals surface area contributed by atoms with Gasteiger partial charge in [0, 0.05) is 55.4 Å². The Labute approximate surface area is 195 Å². The van der Waals surface area contributed by atoms with Gasteiger partial charge in [-0.15, -0.1) is 0 Å². The fourth-order valence-corrected chi connectivity index (χ4v) is 4.78. The topological polar surface area (TPSA) is 52.7 Å². The van der Waals surface area contributed by atoms with Crippen molar-refractivity contribution in [1.29, 1.82) is 0 Å². The fraction of sp³-hybridized carbons (Fsp3) is 0.417. The lowest BCUT2D eigenvalue weighted by Gasteiger charge is -2.22. The zero-order chi connectivity index (χ0) is 23.8. The van der Waals surface area contributed by atoms with Gasteiger partial charge in [-0.25, -0.2) is 0 Å². The summed E-state index contributed by atoms with van der Waals surface area (Å²) in [5, 5.41) is 3.46. The maximum Gasteiger partial charge on any atom is 0.416 e. The van der Waals surface area contributed by atoms with Crippen LogP contribution in [0, 0.1) is 18.8 Å². The number of benzene rings is 2. The van der Waals surface area contributed by atoms with Crippen LogP contribution >= 0.6 is 11.6 Å². The molecule has 0 aromatic heterocycles. The Balaban J connectivity index is 1.26. The highest BCUT2D eigenvalue weighted by atomic mass is 35.5. The number of anilines is 1. The number of carbonyl (C=O) groups excluding carboxylic acids is 2. The minimum absolute atomic E-state index is 0.0644. The van der Waals surface area contributed by atoms with Crippen molar-refractivity contribution in [3.63, 3.8) is 0 Å². The predicted molar refractivity (Wildman–Crippen MR) is 120 cm³/mol. The molecule has 4 rings (SSSR count). The highest BCUT2D eigenvalue weighted by Gasteiger charge is 2.42. The summed E-state index contributed by atoms with van der Waals surface area (Å²) >= 11 is 6.10. The number of alkyl halides is 3. The van der Waals surface area contributed by atoms with Crippen molar-refractivity contribution < 1.29 is 22.8 Å². The van der Waals surface area contributed by atoms with Crippen molar-refractivity contribution in [2.24, 2.45) is 11.8 Å². The van der Waals surface area contributed by atoms with Crippen LogP contribution in [-0.2, 0) is 11.0 Å². The summed E-state index contributed by atoms with van der Waals surface area (Å²) in [7, 11) is 0. The lowest BCUT2D eigenvalue weighted by atomic mass is 10.0. The van der Waals surface area contributed by atoms with Gasteiger partial charge < -0.3 is 15.1 Å². The lowest BCUT2D eigenvalue weighted by molar-refractivity contribution is -0.137. The quantitative estimate of drug-likeness (QED) is 0.676. The molecular weight excluding hydrogens is 455 g/mol. The minimum Gasteiger partial charge on any atom is -0.338 e. The van der Waals surface area contributed by atoms with E-state index in [1.807, 2.05) is 19.1 Å². The van der Waals surface area contributed by atoms with Crippen LogP contribution in [0.4, 0.5) is 18.9 Å². The van der Waals surface area contributed by atoms with E-state index in [1.165, 1.54) is 12.1 Å². The van der Waals surface area contributed by atoms with Gasteiger partial charge in [-0.1, -0.05) is 23.7 Å². The number of nitrogens with one attached hydrogen (secondary N) is 1. The smallest absolute Gasteiger partial charge is 0.338 e. The molecule has 2 unspecified atom stereocenters. The Morgan fingerprint density at radius 3 is 2.39 bits per heavy atom. The average molecular weight is 480 g/mol. The molecule has 2 aromatic rings. The van der Waals surface area contributed by atoms with Gasteiger partial charge >= 0.3 is 6.18 Å². The molecule has 0 saturated carbocycles. The molecule has 2 aliphatic heterocycles. The molecule has 176 valence electrons. The molecule has 2 saturated heterocycles. The van der Waals surface area contributed by atoms with Gasteiger partial charge in [0.1, 0.15) is 0 Å².